The minimum Gasteiger partial charge on any atom is -0.366 e. The summed E-state index contributed by atoms with van der Waals surface area (Å²) >= 11 is 0. The summed E-state index contributed by atoms with van der Waals surface area (Å²) in [6.45, 7) is 3.03. The number of halogens is 2. The number of Topliss-reactive ketones (excluding diaryl/α,β-unsaturated/α-hetero) is 1. The van der Waals surface area contributed by atoms with Gasteiger partial charge < -0.3 is 4.74 Å². The van der Waals surface area contributed by atoms with E-state index >= 15 is 0 Å². The van der Waals surface area contributed by atoms with E-state index in [1.807, 2.05) is 6.07 Å². The molecule has 0 aromatic heterocycles. The van der Waals surface area contributed by atoms with Crippen LogP contribution in [-0.2, 0) is 16.1 Å². The highest BCUT2D eigenvalue weighted by molar-refractivity contribution is 5.95. The number of hydrogen-bond donors (Lipinski definition) is 0. The molecule has 2 aliphatic heterocycles. The Bertz CT molecular complexity index is 742. The van der Waals surface area contributed by atoms with E-state index in [2.05, 4.69) is 29.2 Å². The second-order valence-corrected chi connectivity index (χ2v) is 7.04. The second kappa shape index (κ2) is 7.87. The van der Waals surface area contributed by atoms with Crippen LogP contribution in [0.2, 0.25) is 0 Å². The molecule has 1 spiro atoms. The molecule has 2 aromatic rings. The Labute approximate surface area is 159 Å². The summed E-state index contributed by atoms with van der Waals surface area (Å²) in [6, 6.07) is 16.6. The van der Waals surface area contributed by atoms with Crippen molar-refractivity contribution in [2.75, 3.05) is 19.7 Å². The van der Waals surface area contributed by atoms with E-state index in [-0.39, 0.29) is 29.9 Å². The average Bonchev–Trinajstić information content (AvgIpc) is 2.95. The van der Waals surface area contributed by atoms with Crippen molar-refractivity contribution in [3.63, 3.8) is 0 Å². The van der Waals surface area contributed by atoms with Gasteiger partial charge in [0.25, 0.3) is 0 Å². The van der Waals surface area contributed by atoms with Crippen LogP contribution in [-0.4, -0.2) is 36.0 Å². The summed E-state index contributed by atoms with van der Waals surface area (Å²) in [6.07, 6.45) is 1.47. The van der Waals surface area contributed by atoms with Gasteiger partial charge in [0.05, 0.1) is 12.5 Å². The van der Waals surface area contributed by atoms with Crippen molar-refractivity contribution in [2.45, 2.75) is 30.9 Å². The van der Waals surface area contributed by atoms with Crippen LogP contribution in [0.25, 0.3) is 0 Å². The van der Waals surface area contributed by atoms with Crippen LogP contribution in [0.3, 0.4) is 0 Å². The van der Waals surface area contributed by atoms with Gasteiger partial charge in [-0.25, -0.2) is 4.39 Å². The first-order valence-corrected chi connectivity index (χ1v) is 8.86. The first-order chi connectivity index (χ1) is 12.2. The van der Waals surface area contributed by atoms with Crippen molar-refractivity contribution in [2.24, 2.45) is 0 Å². The van der Waals surface area contributed by atoms with E-state index in [0.717, 1.165) is 38.0 Å². The fraction of sp³-hybridized carbons (Fsp3) is 0.381. The lowest BCUT2D eigenvalue weighted by Gasteiger charge is -2.37. The van der Waals surface area contributed by atoms with Crippen LogP contribution in [0.1, 0.15) is 29.9 Å². The third-order valence-electron chi connectivity index (χ3n) is 5.48. The van der Waals surface area contributed by atoms with Gasteiger partial charge in [-0.2, -0.15) is 0 Å². The molecule has 1 unspecified atom stereocenters. The van der Waals surface area contributed by atoms with Crippen molar-refractivity contribution in [3.05, 3.63) is 71.5 Å². The number of carbonyl (C=O) groups excluding carboxylic acids is 1. The molecule has 5 heteroatoms. The van der Waals surface area contributed by atoms with Gasteiger partial charge in [-0.3, -0.25) is 9.69 Å². The summed E-state index contributed by atoms with van der Waals surface area (Å²) in [5.41, 5.74) is 1.50. The Morgan fingerprint density at radius 1 is 1.04 bits per heavy atom. The van der Waals surface area contributed by atoms with Crippen LogP contribution in [0.4, 0.5) is 4.39 Å². The van der Waals surface area contributed by atoms with Crippen LogP contribution >= 0.6 is 12.4 Å². The summed E-state index contributed by atoms with van der Waals surface area (Å²) in [5.74, 6) is -0.376. The Hall–Kier alpha value is -1.75. The SMILES string of the molecule is Cl.O=C1C(c2ccc(F)cc2)COC12CCN(Cc1ccccc1)CC2. The second-order valence-electron chi connectivity index (χ2n) is 7.04. The minimum absolute atomic E-state index is 0. The fourth-order valence-electron chi connectivity index (χ4n) is 3.95. The number of hydrogen-bond acceptors (Lipinski definition) is 3. The van der Waals surface area contributed by atoms with Crippen molar-refractivity contribution < 1.29 is 13.9 Å². The highest BCUT2D eigenvalue weighted by Gasteiger charge is 2.50. The van der Waals surface area contributed by atoms with E-state index in [9.17, 15) is 9.18 Å². The Morgan fingerprint density at radius 2 is 1.69 bits per heavy atom. The summed E-state index contributed by atoms with van der Waals surface area (Å²) in [5, 5.41) is 0. The quantitative estimate of drug-likeness (QED) is 0.813. The van der Waals surface area contributed by atoms with E-state index in [0.29, 0.717) is 6.61 Å². The number of ketones is 1. The lowest BCUT2D eigenvalue weighted by atomic mass is 9.82. The average molecular weight is 376 g/mol. The van der Waals surface area contributed by atoms with Gasteiger partial charge in [0.2, 0.25) is 0 Å². The summed E-state index contributed by atoms with van der Waals surface area (Å²) in [4.78, 5) is 15.4. The number of benzene rings is 2. The topological polar surface area (TPSA) is 29.5 Å². The highest BCUT2D eigenvalue weighted by Crippen LogP contribution is 2.40. The lowest BCUT2D eigenvalue weighted by molar-refractivity contribution is -0.137. The highest BCUT2D eigenvalue weighted by atomic mass is 35.5. The molecule has 3 nitrogen and oxygen atoms in total. The van der Waals surface area contributed by atoms with Crippen LogP contribution < -0.4 is 0 Å². The van der Waals surface area contributed by atoms with Crippen molar-refractivity contribution in [1.82, 2.24) is 4.90 Å². The smallest absolute Gasteiger partial charge is 0.174 e. The Morgan fingerprint density at radius 3 is 2.35 bits per heavy atom. The number of carbonyl (C=O) groups is 1. The van der Waals surface area contributed by atoms with Gasteiger partial charge in [-0.05, 0) is 36.1 Å². The standard InChI is InChI=1S/C21H22FNO2.ClH/c22-18-8-6-17(7-9-18)19-15-25-21(20(19)24)10-12-23(13-11-21)14-16-4-2-1-3-5-16;/h1-9,19H,10-15H2;1H. The van der Waals surface area contributed by atoms with Gasteiger partial charge in [0, 0.05) is 19.6 Å². The fourth-order valence-corrected chi connectivity index (χ4v) is 3.95. The van der Waals surface area contributed by atoms with Gasteiger partial charge in [0.15, 0.2) is 5.78 Å². The summed E-state index contributed by atoms with van der Waals surface area (Å²) in [7, 11) is 0. The number of nitrogens with zero attached hydrogens (tertiary/aromatic N) is 1. The van der Waals surface area contributed by atoms with Crippen LogP contribution in [0.15, 0.2) is 54.6 Å². The van der Waals surface area contributed by atoms with Crippen molar-refractivity contribution >= 4 is 18.2 Å². The number of ether oxygens (including phenoxy) is 1. The van der Waals surface area contributed by atoms with Crippen LogP contribution in [0.5, 0.6) is 0 Å². The van der Waals surface area contributed by atoms with Crippen LogP contribution in [0, 0.1) is 5.82 Å². The van der Waals surface area contributed by atoms with E-state index < -0.39 is 5.60 Å². The zero-order chi connectivity index (χ0) is 17.3. The Kier molecular flexibility index (Phi) is 5.76. The van der Waals surface area contributed by atoms with Crippen molar-refractivity contribution in [3.8, 4) is 0 Å². The minimum atomic E-state index is -0.647. The lowest BCUT2D eigenvalue weighted by Crippen LogP contribution is -2.48. The molecule has 2 heterocycles. The maximum absolute atomic E-state index is 13.1. The molecule has 4 rings (SSSR count). The molecule has 0 N–H and O–H groups in total. The molecule has 2 fully saturated rings. The van der Waals surface area contributed by atoms with Gasteiger partial charge in [-0.1, -0.05) is 42.5 Å². The molecular formula is C21H23ClFNO2. The first-order valence-electron chi connectivity index (χ1n) is 8.86. The monoisotopic (exact) mass is 375 g/mol. The van der Waals surface area contributed by atoms with Crippen molar-refractivity contribution in [1.29, 1.82) is 0 Å². The number of piperidine rings is 1. The third-order valence-corrected chi connectivity index (χ3v) is 5.48. The van der Waals surface area contributed by atoms with E-state index in [1.54, 1.807) is 12.1 Å². The predicted molar refractivity (Wildman–Crippen MR) is 101 cm³/mol. The zero-order valence-electron chi connectivity index (χ0n) is 14.6. The summed E-state index contributed by atoms with van der Waals surface area (Å²) < 4.78 is 19.1. The molecule has 2 aliphatic rings. The number of rotatable bonds is 3. The van der Waals surface area contributed by atoms with Gasteiger partial charge in [-0.15, -0.1) is 12.4 Å². The maximum atomic E-state index is 13.1. The molecule has 0 bridgehead atoms. The largest absolute Gasteiger partial charge is 0.366 e. The molecule has 1 atom stereocenters. The molecule has 0 saturated carbocycles. The molecule has 0 aliphatic carbocycles. The van der Waals surface area contributed by atoms with E-state index in [1.165, 1.54) is 17.7 Å². The number of likely N-dealkylation sites (tertiary alicyclic amines) is 1. The van der Waals surface area contributed by atoms with E-state index in [4.69, 9.17) is 4.74 Å². The molecule has 2 aromatic carbocycles. The molecule has 0 amide bonds. The maximum Gasteiger partial charge on any atom is 0.174 e. The molecule has 0 radical (unpaired) electrons. The molecule has 2 saturated heterocycles. The third kappa shape index (κ3) is 3.68. The first kappa shape index (κ1) is 19.0. The molecular weight excluding hydrogens is 353 g/mol. The molecule has 138 valence electrons. The van der Waals surface area contributed by atoms with Gasteiger partial charge in [0.1, 0.15) is 11.4 Å². The van der Waals surface area contributed by atoms with Gasteiger partial charge >= 0.3 is 0 Å². The molecule has 26 heavy (non-hydrogen) atoms. The normalized spacial score (nSPS) is 22.3. The zero-order valence-corrected chi connectivity index (χ0v) is 15.4. The predicted octanol–water partition coefficient (Wildman–Crippen LogP) is 3.97. The Balaban J connectivity index is 0.00000196.